The third-order valence-electron chi connectivity index (χ3n) is 1.69. The van der Waals surface area contributed by atoms with Crippen LogP contribution in [-0.2, 0) is 9.59 Å². The molecule has 3 nitrogen and oxygen atoms in total. The van der Waals surface area contributed by atoms with Gasteiger partial charge < -0.3 is 5.32 Å². The van der Waals surface area contributed by atoms with Crippen molar-refractivity contribution in [3.05, 3.63) is 11.8 Å². The number of carbonyl (C=O) groups excluding carboxylic acids is 2. The van der Waals surface area contributed by atoms with E-state index in [1.807, 2.05) is 0 Å². The van der Waals surface area contributed by atoms with E-state index in [0.29, 0.717) is 11.6 Å². The van der Waals surface area contributed by atoms with Crippen molar-refractivity contribution in [2.24, 2.45) is 5.92 Å². The fourth-order valence-corrected chi connectivity index (χ4v) is 1.02. The van der Waals surface area contributed by atoms with E-state index in [1.165, 1.54) is 0 Å². The van der Waals surface area contributed by atoms with Gasteiger partial charge in [-0.1, -0.05) is 19.9 Å². The van der Waals surface area contributed by atoms with Crippen molar-refractivity contribution in [1.29, 1.82) is 0 Å². The number of Topliss-reactive ketones (excluding diaryl/α,β-unsaturated/α-hetero) is 1. The van der Waals surface area contributed by atoms with Gasteiger partial charge in [-0.15, -0.1) is 0 Å². The highest BCUT2D eigenvalue weighted by atomic mass is 16.2. The minimum Gasteiger partial charge on any atom is -0.323 e. The molecule has 1 saturated heterocycles. The van der Waals surface area contributed by atoms with E-state index in [2.05, 4.69) is 19.2 Å². The summed E-state index contributed by atoms with van der Waals surface area (Å²) in [5, 5.41) is 2.53. The molecule has 1 aliphatic rings. The van der Waals surface area contributed by atoms with Crippen molar-refractivity contribution >= 4 is 11.7 Å². The van der Waals surface area contributed by atoms with Crippen molar-refractivity contribution in [3.8, 4) is 0 Å². The number of hydrogen-bond acceptors (Lipinski definition) is 2. The van der Waals surface area contributed by atoms with Gasteiger partial charge >= 0.3 is 0 Å². The van der Waals surface area contributed by atoms with Crippen LogP contribution in [-0.4, -0.2) is 11.7 Å². The first-order valence-electron chi connectivity index (χ1n) is 4.13. The molecule has 1 heterocycles. The van der Waals surface area contributed by atoms with E-state index < -0.39 is 0 Å². The zero-order chi connectivity index (χ0) is 9.14. The first kappa shape index (κ1) is 8.97. The molecular formula is C9H13NO2. The SMILES string of the molecule is CC(C)C/C=C1\NC(=O)CC1=O. The van der Waals surface area contributed by atoms with Gasteiger partial charge in [0, 0.05) is 0 Å². The smallest absolute Gasteiger partial charge is 0.232 e. The van der Waals surface area contributed by atoms with Crippen molar-refractivity contribution in [2.75, 3.05) is 0 Å². The second kappa shape index (κ2) is 3.52. The van der Waals surface area contributed by atoms with Crippen LogP contribution in [0, 0.1) is 5.92 Å². The second-order valence-electron chi connectivity index (χ2n) is 3.40. The van der Waals surface area contributed by atoms with Crippen LogP contribution in [0.5, 0.6) is 0 Å². The van der Waals surface area contributed by atoms with Crippen LogP contribution in [0.1, 0.15) is 26.7 Å². The number of amides is 1. The number of rotatable bonds is 2. The number of ketones is 1. The Morgan fingerprint density at radius 1 is 1.50 bits per heavy atom. The minimum atomic E-state index is -0.185. The fourth-order valence-electron chi connectivity index (χ4n) is 1.02. The first-order valence-corrected chi connectivity index (χ1v) is 4.13. The third kappa shape index (κ3) is 2.19. The summed E-state index contributed by atoms with van der Waals surface area (Å²) in [6.07, 6.45) is 2.66. The molecule has 0 bridgehead atoms. The van der Waals surface area contributed by atoms with Gasteiger partial charge in [-0.3, -0.25) is 9.59 Å². The summed E-state index contributed by atoms with van der Waals surface area (Å²) in [5.74, 6) is 0.249. The van der Waals surface area contributed by atoms with Gasteiger partial charge in [-0.25, -0.2) is 0 Å². The Morgan fingerprint density at radius 2 is 2.17 bits per heavy atom. The standard InChI is InChI=1S/C9H13NO2/c1-6(2)3-4-7-8(11)5-9(12)10-7/h4,6H,3,5H2,1-2H3,(H,10,12)/b7-4-. The zero-order valence-corrected chi connectivity index (χ0v) is 7.39. The van der Waals surface area contributed by atoms with Gasteiger partial charge in [0.25, 0.3) is 0 Å². The molecule has 12 heavy (non-hydrogen) atoms. The highest BCUT2D eigenvalue weighted by molar-refractivity contribution is 6.14. The summed E-state index contributed by atoms with van der Waals surface area (Å²) in [5.41, 5.74) is 0.480. The highest BCUT2D eigenvalue weighted by Gasteiger charge is 2.23. The number of allylic oxidation sites excluding steroid dienone is 2. The van der Waals surface area contributed by atoms with E-state index in [1.54, 1.807) is 6.08 Å². The molecule has 0 aliphatic carbocycles. The van der Waals surface area contributed by atoms with Gasteiger partial charge in [0.15, 0.2) is 5.78 Å². The molecule has 1 amide bonds. The molecule has 1 fully saturated rings. The molecular weight excluding hydrogens is 154 g/mol. The molecule has 66 valence electrons. The molecule has 0 unspecified atom stereocenters. The average Bonchev–Trinajstić information content (AvgIpc) is 2.26. The Bertz CT molecular complexity index is 241. The Labute approximate surface area is 71.8 Å². The van der Waals surface area contributed by atoms with Crippen molar-refractivity contribution in [2.45, 2.75) is 26.7 Å². The Balaban J connectivity index is 2.57. The molecule has 0 aromatic carbocycles. The monoisotopic (exact) mass is 167 g/mol. The second-order valence-corrected chi connectivity index (χ2v) is 3.40. The quantitative estimate of drug-likeness (QED) is 0.492. The minimum absolute atomic E-state index is 0.0178. The third-order valence-corrected chi connectivity index (χ3v) is 1.69. The van der Waals surface area contributed by atoms with Crippen molar-refractivity contribution in [1.82, 2.24) is 5.32 Å². The largest absolute Gasteiger partial charge is 0.323 e. The van der Waals surface area contributed by atoms with E-state index in [-0.39, 0.29) is 18.1 Å². The van der Waals surface area contributed by atoms with Crippen LogP contribution < -0.4 is 5.32 Å². The van der Waals surface area contributed by atoms with Gasteiger partial charge in [0.05, 0.1) is 12.1 Å². The molecule has 1 N–H and O–H groups in total. The Hall–Kier alpha value is -1.12. The fraction of sp³-hybridized carbons (Fsp3) is 0.556. The lowest BCUT2D eigenvalue weighted by atomic mass is 10.1. The van der Waals surface area contributed by atoms with Crippen LogP contribution in [0.15, 0.2) is 11.8 Å². The van der Waals surface area contributed by atoms with E-state index >= 15 is 0 Å². The summed E-state index contributed by atoms with van der Waals surface area (Å²) in [7, 11) is 0. The molecule has 0 spiro atoms. The van der Waals surface area contributed by atoms with Gasteiger partial charge in [0.2, 0.25) is 5.91 Å². The normalized spacial score (nSPS) is 20.8. The zero-order valence-electron chi connectivity index (χ0n) is 7.39. The molecule has 1 rings (SSSR count). The van der Waals surface area contributed by atoms with Crippen LogP contribution in [0.25, 0.3) is 0 Å². The molecule has 0 atom stereocenters. The Morgan fingerprint density at radius 3 is 2.58 bits per heavy atom. The Kier molecular flexibility index (Phi) is 2.63. The van der Waals surface area contributed by atoms with E-state index in [9.17, 15) is 9.59 Å². The number of nitrogens with one attached hydrogen (secondary N) is 1. The lowest BCUT2D eigenvalue weighted by molar-refractivity contribution is -0.121. The lowest BCUT2D eigenvalue weighted by Crippen LogP contribution is -2.12. The molecule has 0 aromatic heterocycles. The summed E-state index contributed by atoms with van der Waals surface area (Å²) >= 11 is 0. The summed E-state index contributed by atoms with van der Waals surface area (Å²) in [6, 6.07) is 0. The topological polar surface area (TPSA) is 46.2 Å². The van der Waals surface area contributed by atoms with Crippen LogP contribution >= 0.6 is 0 Å². The predicted molar refractivity (Wildman–Crippen MR) is 45.3 cm³/mol. The molecule has 0 saturated carbocycles. The van der Waals surface area contributed by atoms with Crippen molar-refractivity contribution in [3.63, 3.8) is 0 Å². The number of carbonyl (C=O) groups is 2. The maximum absolute atomic E-state index is 11.0. The van der Waals surface area contributed by atoms with Gasteiger partial charge in [0.1, 0.15) is 0 Å². The molecule has 3 heteroatoms. The predicted octanol–water partition coefficient (Wildman–Crippen LogP) is 1.01. The summed E-state index contributed by atoms with van der Waals surface area (Å²) < 4.78 is 0. The average molecular weight is 167 g/mol. The first-order chi connectivity index (χ1) is 5.59. The van der Waals surface area contributed by atoms with Gasteiger partial charge in [-0.05, 0) is 12.3 Å². The lowest BCUT2D eigenvalue weighted by Gasteiger charge is -1.99. The molecule has 0 aromatic rings. The molecule has 0 radical (unpaired) electrons. The summed E-state index contributed by atoms with van der Waals surface area (Å²) in [4.78, 5) is 21.8. The maximum atomic E-state index is 11.0. The van der Waals surface area contributed by atoms with E-state index in [4.69, 9.17) is 0 Å². The van der Waals surface area contributed by atoms with Crippen LogP contribution in [0.4, 0.5) is 0 Å². The van der Waals surface area contributed by atoms with E-state index in [0.717, 1.165) is 6.42 Å². The molecule has 1 aliphatic heterocycles. The van der Waals surface area contributed by atoms with Crippen LogP contribution in [0.2, 0.25) is 0 Å². The maximum Gasteiger partial charge on any atom is 0.232 e. The van der Waals surface area contributed by atoms with Crippen LogP contribution in [0.3, 0.4) is 0 Å². The summed E-state index contributed by atoms with van der Waals surface area (Å²) in [6.45, 7) is 4.14. The van der Waals surface area contributed by atoms with Gasteiger partial charge in [-0.2, -0.15) is 0 Å². The number of hydrogen-bond donors (Lipinski definition) is 1. The van der Waals surface area contributed by atoms with Crippen molar-refractivity contribution < 1.29 is 9.59 Å². The highest BCUT2D eigenvalue weighted by Crippen LogP contribution is 2.09.